The van der Waals surface area contributed by atoms with Gasteiger partial charge in [-0.1, -0.05) is 13.0 Å². The lowest BCUT2D eigenvalue weighted by Crippen LogP contribution is -2.44. The average molecular weight is 366 g/mol. The zero-order valence-corrected chi connectivity index (χ0v) is 15.6. The fourth-order valence-corrected chi connectivity index (χ4v) is 3.32. The smallest absolute Gasteiger partial charge is 0.257 e. The van der Waals surface area contributed by atoms with Crippen molar-refractivity contribution in [3.05, 3.63) is 59.9 Å². The van der Waals surface area contributed by atoms with Crippen LogP contribution in [0.1, 0.15) is 46.9 Å². The van der Waals surface area contributed by atoms with Gasteiger partial charge in [0.1, 0.15) is 0 Å². The van der Waals surface area contributed by atoms with Crippen LogP contribution in [0.15, 0.2) is 48.8 Å². The van der Waals surface area contributed by atoms with Gasteiger partial charge in [0, 0.05) is 42.8 Å². The number of hydrogen-bond donors (Lipinski definition) is 2. The second kappa shape index (κ2) is 9.28. The third kappa shape index (κ3) is 5.37. The van der Waals surface area contributed by atoms with Gasteiger partial charge in [-0.25, -0.2) is 0 Å². The lowest BCUT2D eigenvalue weighted by Gasteiger charge is -2.32. The van der Waals surface area contributed by atoms with E-state index in [-0.39, 0.29) is 17.9 Å². The quantitative estimate of drug-likeness (QED) is 0.824. The predicted octanol–water partition coefficient (Wildman–Crippen LogP) is 2.94. The summed E-state index contributed by atoms with van der Waals surface area (Å²) in [6.07, 6.45) is 6.24. The Morgan fingerprint density at radius 1 is 1.11 bits per heavy atom. The van der Waals surface area contributed by atoms with Crippen LogP contribution in [-0.4, -0.2) is 47.4 Å². The second-order valence-corrected chi connectivity index (χ2v) is 6.87. The molecule has 142 valence electrons. The lowest BCUT2D eigenvalue weighted by molar-refractivity contribution is 0.0910. The first-order valence-corrected chi connectivity index (χ1v) is 9.50. The van der Waals surface area contributed by atoms with Crippen molar-refractivity contribution in [2.24, 2.45) is 0 Å². The first kappa shape index (κ1) is 19.0. The van der Waals surface area contributed by atoms with Crippen molar-refractivity contribution < 1.29 is 9.59 Å². The van der Waals surface area contributed by atoms with E-state index in [0.717, 1.165) is 38.9 Å². The van der Waals surface area contributed by atoms with Crippen molar-refractivity contribution in [3.8, 4) is 0 Å². The van der Waals surface area contributed by atoms with Gasteiger partial charge >= 0.3 is 0 Å². The van der Waals surface area contributed by atoms with Gasteiger partial charge in [0.2, 0.25) is 0 Å². The van der Waals surface area contributed by atoms with Crippen LogP contribution >= 0.6 is 0 Å². The van der Waals surface area contributed by atoms with E-state index in [1.807, 2.05) is 0 Å². The van der Waals surface area contributed by atoms with E-state index in [1.165, 1.54) is 6.20 Å². The summed E-state index contributed by atoms with van der Waals surface area (Å²) < 4.78 is 0. The highest BCUT2D eigenvalue weighted by molar-refractivity contribution is 6.04. The maximum atomic E-state index is 12.6. The molecule has 2 amide bonds. The molecule has 6 nitrogen and oxygen atoms in total. The highest BCUT2D eigenvalue weighted by Gasteiger charge is 2.20. The zero-order valence-electron chi connectivity index (χ0n) is 15.6. The van der Waals surface area contributed by atoms with E-state index in [1.54, 1.807) is 42.6 Å². The third-order valence-corrected chi connectivity index (χ3v) is 4.77. The molecule has 1 aromatic carbocycles. The van der Waals surface area contributed by atoms with Crippen molar-refractivity contribution >= 4 is 17.5 Å². The fourth-order valence-electron chi connectivity index (χ4n) is 3.32. The predicted molar refractivity (Wildman–Crippen MR) is 106 cm³/mol. The Morgan fingerprint density at radius 2 is 1.89 bits per heavy atom. The summed E-state index contributed by atoms with van der Waals surface area (Å²) in [5, 5.41) is 5.93. The maximum absolute atomic E-state index is 12.6. The maximum Gasteiger partial charge on any atom is 0.257 e. The van der Waals surface area contributed by atoms with Crippen LogP contribution in [0.3, 0.4) is 0 Å². The fraction of sp³-hybridized carbons (Fsp3) is 0.381. The molecule has 2 heterocycles. The van der Waals surface area contributed by atoms with Crippen LogP contribution < -0.4 is 10.6 Å². The molecule has 3 rings (SSSR count). The molecule has 0 bridgehead atoms. The van der Waals surface area contributed by atoms with E-state index in [2.05, 4.69) is 27.4 Å². The summed E-state index contributed by atoms with van der Waals surface area (Å²) in [7, 11) is 0. The molecule has 1 aliphatic rings. The van der Waals surface area contributed by atoms with Crippen LogP contribution in [0.5, 0.6) is 0 Å². The van der Waals surface area contributed by atoms with Crippen molar-refractivity contribution in [2.45, 2.75) is 32.2 Å². The standard InChI is InChI=1S/C21H26N4O2/c1-2-11-25-12-8-18(9-13-25)23-20(26)16-5-3-7-19(14-16)24-21(27)17-6-4-10-22-15-17/h3-7,10,14-15,18H,2,8-9,11-13H2,1H3,(H,23,26)(H,24,27). The van der Waals surface area contributed by atoms with Gasteiger partial charge in [-0.15, -0.1) is 0 Å². The average Bonchev–Trinajstić information content (AvgIpc) is 2.70. The molecule has 0 radical (unpaired) electrons. The van der Waals surface area contributed by atoms with Crippen LogP contribution in [0.4, 0.5) is 5.69 Å². The van der Waals surface area contributed by atoms with Crippen molar-refractivity contribution in [1.29, 1.82) is 0 Å². The number of carbonyl (C=O) groups excluding carboxylic acids is 2. The normalized spacial score (nSPS) is 15.3. The largest absolute Gasteiger partial charge is 0.349 e. The summed E-state index contributed by atoms with van der Waals surface area (Å²) in [6, 6.07) is 10.6. The number of rotatable bonds is 6. The molecule has 0 aliphatic carbocycles. The molecule has 1 saturated heterocycles. The minimum atomic E-state index is -0.246. The number of benzene rings is 1. The van der Waals surface area contributed by atoms with Gasteiger partial charge in [0.25, 0.3) is 11.8 Å². The van der Waals surface area contributed by atoms with Crippen molar-refractivity contribution in [2.75, 3.05) is 25.0 Å². The van der Waals surface area contributed by atoms with Crippen LogP contribution in [0.25, 0.3) is 0 Å². The molecule has 0 unspecified atom stereocenters. The Balaban J connectivity index is 1.57. The second-order valence-electron chi connectivity index (χ2n) is 6.87. The molecule has 1 aliphatic heterocycles. The number of anilines is 1. The molecule has 6 heteroatoms. The van der Waals surface area contributed by atoms with Crippen LogP contribution in [-0.2, 0) is 0 Å². The topological polar surface area (TPSA) is 74.3 Å². The number of carbonyl (C=O) groups is 2. The number of piperidine rings is 1. The summed E-state index contributed by atoms with van der Waals surface area (Å²) >= 11 is 0. The zero-order chi connectivity index (χ0) is 19.1. The number of likely N-dealkylation sites (tertiary alicyclic amines) is 1. The van der Waals surface area contributed by atoms with Gasteiger partial charge in [0.15, 0.2) is 0 Å². The Kier molecular flexibility index (Phi) is 6.54. The first-order valence-electron chi connectivity index (χ1n) is 9.50. The number of amides is 2. The Labute approximate surface area is 160 Å². The number of aromatic nitrogens is 1. The molecule has 1 aromatic heterocycles. The van der Waals surface area contributed by atoms with Gasteiger partial charge < -0.3 is 15.5 Å². The van der Waals surface area contributed by atoms with E-state index in [9.17, 15) is 9.59 Å². The monoisotopic (exact) mass is 366 g/mol. The molecule has 27 heavy (non-hydrogen) atoms. The molecule has 0 atom stereocenters. The number of pyridine rings is 1. The summed E-state index contributed by atoms with van der Waals surface area (Å²) in [4.78, 5) is 31.2. The Hall–Kier alpha value is -2.73. The van der Waals surface area contributed by atoms with Crippen molar-refractivity contribution in [3.63, 3.8) is 0 Å². The van der Waals surface area contributed by atoms with Gasteiger partial charge in [-0.3, -0.25) is 14.6 Å². The van der Waals surface area contributed by atoms with Crippen LogP contribution in [0.2, 0.25) is 0 Å². The highest BCUT2D eigenvalue weighted by atomic mass is 16.2. The molecular weight excluding hydrogens is 340 g/mol. The van der Waals surface area contributed by atoms with Crippen molar-refractivity contribution in [1.82, 2.24) is 15.2 Å². The lowest BCUT2D eigenvalue weighted by atomic mass is 10.0. The summed E-state index contributed by atoms with van der Waals surface area (Å²) in [6.45, 7) is 5.37. The molecular formula is C21H26N4O2. The van der Waals surface area contributed by atoms with Gasteiger partial charge in [-0.2, -0.15) is 0 Å². The SMILES string of the molecule is CCCN1CCC(NC(=O)c2cccc(NC(=O)c3cccnc3)c2)CC1. The highest BCUT2D eigenvalue weighted by Crippen LogP contribution is 2.15. The van der Waals surface area contributed by atoms with Gasteiger partial charge in [-0.05, 0) is 56.1 Å². The van der Waals surface area contributed by atoms with E-state index < -0.39 is 0 Å². The minimum absolute atomic E-state index is 0.0959. The van der Waals surface area contributed by atoms with Gasteiger partial charge in [0.05, 0.1) is 5.56 Å². The van der Waals surface area contributed by atoms with E-state index in [0.29, 0.717) is 16.8 Å². The Morgan fingerprint density at radius 3 is 2.59 bits per heavy atom. The van der Waals surface area contributed by atoms with E-state index in [4.69, 9.17) is 0 Å². The number of nitrogens with one attached hydrogen (secondary N) is 2. The Bertz CT molecular complexity index is 771. The number of nitrogens with zero attached hydrogens (tertiary/aromatic N) is 2. The summed E-state index contributed by atoms with van der Waals surface area (Å²) in [5.74, 6) is -0.342. The van der Waals surface area contributed by atoms with E-state index >= 15 is 0 Å². The molecule has 1 fully saturated rings. The summed E-state index contributed by atoms with van der Waals surface area (Å²) in [5.41, 5.74) is 1.62. The van der Waals surface area contributed by atoms with Crippen LogP contribution in [0, 0.1) is 0 Å². The molecule has 2 N–H and O–H groups in total. The first-order chi connectivity index (χ1) is 13.2. The number of hydrogen-bond acceptors (Lipinski definition) is 4. The molecule has 2 aromatic rings. The minimum Gasteiger partial charge on any atom is -0.349 e. The molecule has 0 spiro atoms. The molecule has 0 saturated carbocycles. The third-order valence-electron chi connectivity index (χ3n) is 4.77.